The highest BCUT2D eigenvalue weighted by Gasteiger charge is 2.18. The Balaban J connectivity index is 3.30. The molecule has 9 nitrogen and oxygen atoms in total. The Kier molecular flexibility index (Phi) is 16.9. The summed E-state index contributed by atoms with van der Waals surface area (Å²) in [6.07, 6.45) is -1.36. The minimum atomic E-state index is -1.36. The van der Waals surface area contributed by atoms with Gasteiger partial charge < -0.3 is 34.1 Å². The number of ether oxygens (including phenoxy) is 5. The molecule has 0 fully saturated rings. The van der Waals surface area contributed by atoms with Gasteiger partial charge in [0.25, 0.3) is 0 Å². The predicted octanol–water partition coefficient (Wildman–Crippen LogP) is 0.0512. The molecule has 0 spiro atoms. The lowest BCUT2D eigenvalue weighted by atomic mass is 10.5. The highest BCUT2D eigenvalue weighted by molar-refractivity contribution is 14.1. The number of amides is 1. The first kappa shape index (κ1) is 23.5. The summed E-state index contributed by atoms with van der Waals surface area (Å²) in [5.41, 5.74) is 0. The van der Waals surface area contributed by atoms with Crippen LogP contribution in [0.25, 0.3) is 0 Å². The summed E-state index contributed by atoms with van der Waals surface area (Å²) >= 11 is 2.24. The molecule has 0 aliphatic rings. The average Bonchev–Trinajstić information content (AvgIpc) is 2.53. The topological polar surface area (TPSA) is 113 Å². The van der Waals surface area contributed by atoms with Gasteiger partial charge in [-0.2, -0.15) is 0 Å². The van der Waals surface area contributed by atoms with E-state index in [1.165, 1.54) is 6.92 Å². The number of alkyl halides is 1. The molecule has 0 bridgehead atoms. The molecule has 0 aromatic heterocycles. The average molecular weight is 463 g/mol. The van der Waals surface area contributed by atoms with E-state index < -0.39 is 18.1 Å². The lowest BCUT2D eigenvalue weighted by molar-refractivity contribution is -0.156. The molecule has 1 atom stereocenters. The van der Waals surface area contributed by atoms with Gasteiger partial charge in [-0.05, 0) is 0 Å². The number of aliphatic carboxylic acids is 1. The summed E-state index contributed by atoms with van der Waals surface area (Å²) in [5, 5.41) is 11.0. The van der Waals surface area contributed by atoms with Gasteiger partial charge in [-0.3, -0.25) is 4.79 Å². The second-order valence-electron chi connectivity index (χ2n) is 4.43. The third kappa shape index (κ3) is 16.3. The molecule has 1 unspecified atom stereocenters. The van der Waals surface area contributed by atoms with Gasteiger partial charge in [-0.1, -0.05) is 22.6 Å². The second-order valence-corrected chi connectivity index (χ2v) is 5.51. The van der Waals surface area contributed by atoms with Gasteiger partial charge in [0, 0.05) is 11.4 Å². The minimum absolute atomic E-state index is 0.0532. The quantitative estimate of drug-likeness (QED) is 0.135. The summed E-state index contributed by atoms with van der Waals surface area (Å²) in [4.78, 5) is 21.6. The fourth-order valence-electron chi connectivity index (χ4n) is 1.40. The Hall–Kier alpha value is -0.530. The van der Waals surface area contributed by atoms with Gasteiger partial charge in [-0.15, -0.1) is 0 Å². The van der Waals surface area contributed by atoms with Crippen LogP contribution in [0.15, 0.2) is 0 Å². The molecule has 0 saturated carbocycles. The molecule has 2 N–H and O–H groups in total. The summed E-state index contributed by atoms with van der Waals surface area (Å²) in [6.45, 7) is 5.07. The summed E-state index contributed by atoms with van der Waals surface area (Å²) in [5.74, 6) is -1.73. The van der Waals surface area contributed by atoms with Crippen LogP contribution < -0.4 is 5.32 Å². The van der Waals surface area contributed by atoms with Crippen molar-refractivity contribution in [3.8, 4) is 0 Å². The van der Waals surface area contributed by atoms with Gasteiger partial charge in [0.1, 0.15) is 0 Å². The van der Waals surface area contributed by atoms with Crippen LogP contribution in [0, 0.1) is 0 Å². The van der Waals surface area contributed by atoms with E-state index >= 15 is 0 Å². The van der Waals surface area contributed by atoms with E-state index in [0.717, 1.165) is 11.0 Å². The SMILES string of the molecule is CC(=O)NC(OCCOCCOCCOCCOCCI)C(=O)O. The van der Waals surface area contributed by atoms with Crippen LogP contribution in [-0.4, -0.2) is 87.1 Å². The zero-order valence-corrected chi connectivity index (χ0v) is 16.0. The van der Waals surface area contributed by atoms with Crippen LogP contribution in [0.2, 0.25) is 0 Å². The van der Waals surface area contributed by atoms with Crippen molar-refractivity contribution < 1.29 is 38.4 Å². The van der Waals surface area contributed by atoms with E-state index in [-0.39, 0.29) is 13.2 Å². The minimum Gasteiger partial charge on any atom is -0.478 e. The molecule has 0 rings (SSSR count). The van der Waals surface area contributed by atoms with Crippen molar-refractivity contribution in [1.29, 1.82) is 0 Å². The lowest BCUT2D eigenvalue weighted by Gasteiger charge is -2.14. The molecular formula is C14H26INO8. The molecule has 142 valence electrons. The van der Waals surface area contributed by atoms with Crippen molar-refractivity contribution in [2.24, 2.45) is 0 Å². The first-order chi connectivity index (χ1) is 11.6. The molecular weight excluding hydrogens is 437 g/mol. The third-order valence-corrected chi connectivity index (χ3v) is 2.85. The zero-order valence-electron chi connectivity index (χ0n) is 13.8. The van der Waals surface area contributed by atoms with Crippen LogP contribution in [0.4, 0.5) is 0 Å². The third-order valence-electron chi connectivity index (χ3n) is 2.41. The van der Waals surface area contributed by atoms with E-state index in [1.807, 2.05) is 0 Å². The van der Waals surface area contributed by atoms with Crippen LogP contribution >= 0.6 is 22.6 Å². The van der Waals surface area contributed by atoms with Crippen molar-refractivity contribution in [2.75, 3.05) is 63.9 Å². The van der Waals surface area contributed by atoms with E-state index in [1.54, 1.807) is 0 Å². The largest absolute Gasteiger partial charge is 0.478 e. The maximum absolute atomic E-state index is 10.8. The maximum Gasteiger partial charge on any atom is 0.354 e. The molecule has 0 heterocycles. The highest BCUT2D eigenvalue weighted by atomic mass is 127. The van der Waals surface area contributed by atoms with Crippen molar-refractivity contribution >= 4 is 34.5 Å². The smallest absolute Gasteiger partial charge is 0.354 e. The van der Waals surface area contributed by atoms with Gasteiger partial charge >= 0.3 is 5.97 Å². The number of hydrogen-bond acceptors (Lipinski definition) is 7. The Labute approximate surface area is 155 Å². The van der Waals surface area contributed by atoms with E-state index in [4.69, 9.17) is 28.8 Å². The molecule has 0 aromatic carbocycles. The monoisotopic (exact) mass is 463 g/mol. The Morgan fingerprint density at radius 1 is 0.875 bits per heavy atom. The number of nitrogens with one attached hydrogen (secondary N) is 1. The van der Waals surface area contributed by atoms with Crippen molar-refractivity contribution in [1.82, 2.24) is 5.32 Å². The molecule has 0 aliphatic carbocycles. The molecule has 10 heteroatoms. The zero-order chi connectivity index (χ0) is 18.0. The number of carbonyl (C=O) groups excluding carboxylic acids is 1. The van der Waals surface area contributed by atoms with Gasteiger partial charge in [-0.25, -0.2) is 4.79 Å². The fraction of sp³-hybridized carbons (Fsp3) is 0.857. The summed E-state index contributed by atoms with van der Waals surface area (Å²) in [6, 6.07) is 0. The first-order valence-corrected chi connectivity index (χ1v) is 9.09. The molecule has 1 amide bonds. The maximum atomic E-state index is 10.8. The second kappa shape index (κ2) is 17.3. The van der Waals surface area contributed by atoms with Crippen LogP contribution in [0.5, 0.6) is 0 Å². The Morgan fingerprint density at radius 2 is 1.29 bits per heavy atom. The van der Waals surface area contributed by atoms with Gasteiger partial charge in [0.05, 0.1) is 59.5 Å². The molecule has 0 saturated heterocycles. The number of carboxylic acids is 1. The van der Waals surface area contributed by atoms with Gasteiger partial charge in [0.15, 0.2) is 0 Å². The first-order valence-electron chi connectivity index (χ1n) is 7.56. The van der Waals surface area contributed by atoms with Crippen molar-refractivity contribution in [3.05, 3.63) is 0 Å². The molecule has 0 radical (unpaired) electrons. The molecule has 24 heavy (non-hydrogen) atoms. The number of carboxylic acid groups (broad SMARTS) is 1. The summed E-state index contributed by atoms with van der Waals surface area (Å²) < 4.78 is 27.0. The van der Waals surface area contributed by atoms with Crippen LogP contribution in [0.1, 0.15) is 6.92 Å². The summed E-state index contributed by atoms with van der Waals surface area (Å²) in [7, 11) is 0. The molecule has 0 aromatic rings. The molecule has 0 aliphatic heterocycles. The van der Waals surface area contributed by atoms with E-state index in [2.05, 4.69) is 27.9 Å². The normalized spacial score (nSPS) is 12.1. The Morgan fingerprint density at radius 3 is 1.67 bits per heavy atom. The predicted molar refractivity (Wildman–Crippen MR) is 93.4 cm³/mol. The van der Waals surface area contributed by atoms with Crippen LogP contribution in [-0.2, 0) is 33.3 Å². The highest BCUT2D eigenvalue weighted by Crippen LogP contribution is 1.90. The number of carbonyl (C=O) groups is 2. The van der Waals surface area contributed by atoms with Crippen molar-refractivity contribution in [2.45, 2.75) is 13.2 Å². The van der Waals surface area contributed by atoms with Gasteiger partial charge in [0.2, 0.25) is 12.1 Å². The number of hydrogen-bond donors (Lipinski definition) is 2. The number of rotatable bonds is 17. The Bertz CT molecular complexity index is 332. The lowest BCUT2D eigenvalue weighted by Crippen LogP contribution is -2.42. The van der Waals surface area contributed by atoms with E-state index in [0.29, 0.717) is 39.6 Å². The van der Waals surface area contributed by atoms with Crippen molar-refractivity contribution in [3.63, 3.8) is 0 Å². The fourth-order valence-corrected chi connectivity index (χ4v) is 1.71. The number of halogens is 1. The van der Waals surface area contributed by atoms with E-state index in [9.17, 15) is 9.59 Å². The standard InChI is InChI=1S/C14H26INO8/c1-12(17)16-13(14(18)19)24-11-10-23-9-8-22-7-6-21-5-4-20-3-2-15/h13H,2-11H2,1H3,(H,16,17)(H,18,19). The van der Waals surface area contributed by atoms with Crippen LogP contribution in [0.3, 0.4) is 0 Å².